The first-order valence-electron chi connectivity index (χ1n) is 13.2. The number of fused-ring (bicyclic) bond motifs is 1. The van der Waals surface area contributed by atoms with Crippen LogP contribution in [0.3, 0.4) is 0 Å². The highest BCUT2D eigenvalue weighted by atomic mass is 16.5. The van der Waals surface area contributed by atoms with Gasteiger partial charge >= 0.3 is 0 Å². The summed E-state index contributed by atoms with van der Waals surface area (Å²) in [7, 11) is 0. The number of pyridine rings is 1. The van der Waals surface area contributed by atoms with Gasteiger partial charge in [-0.25, -0.2) is 4.68 Å². The molecule has 2 aliphatic rings. The number of aromatic nitrogens is 5. The third kappa shape index (κ3) is 5.11. The molecule has 1 saturated carbocycles. The van der Waals surface area contributed by atoms with E-state index in [2.05, 4.69) is 37.2 Å². The van der Waals surface area contributed by atoms with Crippen LogP contribution < -0.4 is 10.3 Å². The molecule has 9 nitrogen and oxygen atoms in total. The number of hydrogen-bond donors (Lipinski definition) is 1. The third-order valence-electron chi connectivity index (χ3n) is 7.45. The number of rotatable bonds is 8. The number of aromatic amines is 1. The SMILES string of the molecule is CCCN1CCN([C@@H](c2cc3cc(OCC)ccc3[nH]c2=O)c2nnnn2C2CCCCC2)CC1. The van der Waals surface area contributed by atoms with Crippen LogP contribution in [0.4, 0.5) is 0 Å². The average molecular weight is 480 g/mol. The van der Waals surface area contributed by atoms with Gasteiger partial charge in [0.15, 0.2) is 5.82 Å². The first-order valence-corrected chi connectivity index (χ1v) is 13.2. The van der Waals surface area contributed by atoms with Gasteiger partial charge < -0.3 is 14.6 Å². The van der Waals surface area contributed by atoms with E-state index in [9.17, 15) is 4.79 Å². The van der Waals surface area contributed by atoms with E-state index in [-0.39, 0.29) is 11.6 Å². The molecular weight excluding hydrogens is 442 g/mol. The van der Waals surface area contributed by atoms with Crippen LogP contribution in [0.2, 0.25) is 0 Å². The van der Waals surface area contributed by atoms with Gasteiger partial charge in [0.1, 0.15) is 11.8 Å². The first kappa shape index (κ1) is 23.9. The van der Waals surface area contributed by atoms with Crippen LogP contribution in [0, 0.1) is 0 Å². The van der Waals surface area contributed by atoms with Crippen molar-refractivity contribution < 1.29 is 4.74 Å². The molecule has 9 heteroatoms. The largest absolute Gasteiger partial charge is 0.494 e. The molecule has 3 heterocycles. The molecule has 0 spiro atoms. The molecule has 0 amide bonds. The van der Waals surface area contributed by atoms with Gasteiger partial charge in [0, 0.05) is 42.6 Å². The second kappa shape index (κ2) is 10.9. The number of hydrogen-bond acceptors (Lipinski definition) is 7. The van der Waals surface area contributed by atoms with Gasteiger partial charge in [0.2, 0.25) is 0 Å². The predicted octanol–water partition coefficient (Wildman–Crippen LogP) is 3.54. The quantitative estimate of drug-likeness (QED) is 0.528. The fraction of sp³-hybridized carbons (Fsp3) is 0.615. The summed E-state index contributed by atoms with van der Waals surface area (Å²) in [6.07, 6.45) is 6.98. The highest BCUT2D eigenvalue weighted by molar-refractivity contribution is 5.80. The first-order chi connectivity index (χ1) is 17.2. The van der Waals surface area contributed by atoms with Gasteiger partial charge in [-0.1, -0.05) is 26.2 Å². The summed E-state index contributed by atoms with van der Waals surface area (Å²) in [6.45, 7) is 9.61. The minimum absolute atomic E-state index is 0.0826. The summed E-state index contributed by atoms with van der Waals surface area (Å²) in [5, 5.41) is 14.0. The number of nitrogens with one attached hydrogen (secondary N) is 1. The van der Waals surface area contributed by atoms with Crippen LogP contribution in [-0.4, -0.2) is 74.3 Å². The Morgan fingerprint density at radius 2 is 1.89 bits per heavy atom. The monoisotopic (exact) mass is 479 g/mol. The second-order valence-corrected chi connectivity index (χ2v) is 9.79. The molecule has 1 aromatic carbocycles. The summed E-state index contributed by atoms with van der Waals surface area (Å²) in [5.74, 6) is 1.58. The zero-order valence-corrected chi connectivity index (χ0v) is 20.9. The number of ether oxygens (including phenoxy) is 1. The molecule has 2 aromatic heterocycles. The Morgan fingerprint density at radius 1 is 1.09 bits per heavy atom. The number of nitrogens with zero attached hydrogens (tertiary/aromatic N) is 6. The lowest BCUT2D eigenvalue weighted by molar-refractivity contribution is 0.103. The Kier molecular flexibility index (Phi) is 7.43. The fourth-order valence-corrected chi connectivity index (χ4v) is 5.69. The minimum Gasteiger partial charge on any atom is -0.494 e. The number of piperazine rings is 1. The van der Waals surface area contributed by atoms with Gasteiger partial charge in [-0.15, -0.1) is 5.10 Å². The molecule has 1 N–H and O–H groups in total. The highest BCUT2D eigenvalue weighted by Crippen LogP contribution is 2.33. The third-order valence-corrected chi connectivity index (χ3v) is 7.45. The van der Waals surface area contributed by atoms with E-state index in [0.717, 1.165) is 74.5 Å². The Bertz CT molecular complexity index is 1180. The molecular formula is C26H37N7O2. The van der Waals surface area contributed by atoms with Crippen molar-refractivity contribution in [3.8, 4) is 5.75 Å². The van der Waals surface area contributed by atoms with E-state index in [0.29, 0.717) is 18.2 Å². The Balaban J connectivity index is 1.57. The maximum atomic E-state index is 13.5. The van der Waals surface area contributed by atoms with Crippen molar-refractivity contribution in [1.29, 1.82) is 0 Å². The lowest BCUT2D eigenvalue weighted by atomic mass is 9.95. The maximum Gasteiger partial charge on any atom is 0.253 e. The Hall–Kier alpha value is -2.78. The summed E-state index contributed by atoms with van der Waals surface area (Å²) < 4.78 is 7.74. The van der Waals surface area contributed by atoms with Gasteiger partial charge in [0.25, 0.3) is 5.56 Å². The Morgan fingerprint density at radius 3 is 2.63 bits per heavy atom. The van der Waals surface area contributed by atoms with E-state index < -0.39 is 0 Å². The molecule has 2 fully saturated rings. The number of H-pyrrole nitrogens is 1. The normalized spacial score (nSPS) is 19.3. The molecule has 1 saturated heterocycles. The number of benzene rings is 1. The maximum absolute atomic E-state index is 13.5. The topological polar surface area (TPSA) is 92.2 Å². The van der Waals surface area contributed by atoms with Crippen molar-refractivity contribution in [2.45, 2.75) is 64.5 Å². The molecule has 5 rings (SSSR count). The van der Waals surface area contributed by atoms with Crippen molar-refractivity contribution in [1.82, 2.24) is 35.0 Å². The van der Waals surface area contributed by atoms with Gasteiger partial charge in [-0.3, -0.25) is 9.69 Å². The molecule has 0 bridgehead atoms. The second-order valence-electron chi connectivity index (χ2n) is 9.79. The molecule has 0 unspecified atom stereocenters. The zero-order valence-electron chi connectivity index (χ0n) is 20.9. The summed E-state index contributed by atoms with van der Waals surface area (Å²) in [5.41, 5.74) is 1.42. The molecule has 0 radical (unpaired) electrons. The van der Waals surface area contributed by atoms with Crippen molar-refractivity contribution in [3.05, 3.63) is 46.0 Å². The van der Waals surface area contributed by atoms with Crippen molar-refractivity contribution >= 4 is 10.9 Å². The van der Waals surface area contributed by atoms with E-state index in [1.807, 2.05) is 35.9 Å². The molecule has 35 heavy (non-hydrogen) atoms. The van der Waals surface area contributed by atoms with Gasteiger partial charge in [0.05, 0.1) is 12.6 Å². The van der Waals surface area contributed by atoms with Crippen LogP contribution >= 0.6 is 0 Å². The molecule has 3 aromatic rings. The fourth-order valence-electron chi connectivity index (χ4n) is 5.69. The van der Waals surface area contributed by atoms with Gasteiger partial charge in [-0.2, -0.15) is 0 Å². The summed E-state index contributed by atoms with van der Waals surface area (Å²) in [6, 6.07) is 7.82. The van der Waals surface area contributed by atoms with E-state index >= 15 is 0 Å². The molecule has 1 aliphatic carbocycles. The van der Waals surface area contributed by atoms with E-state index in [1.165, 1.54) is 19.3 Å². The molecule has 1 aliphatic heterocycles. The van der Waals surface area contributed by atoms with Crippen molar-refractivity contribution in [2.75, 3.05) is 39.3 Å². The predicted molar refractivity (Wildman–Crippen MR) is 136 cm³/mol. The van der Waals surface area contributed by atoms with E-state index in [1.54, 1.807) is 0 Å². The summed E-state index contributed by atoms with van der Waals surface area (Å²) in [4.78, 5) is 21.5. The van der Waals surface area contributed by atoms with Crippen LogP contribution in [0.25, 0.3) is 10.9 Å². The van der Waals surface area contributed by atoms with Crippen molar-refractivity contribution in [3.63, 3.8) is 0 Å². The van der Waals surface area contributed by atoms with Crippen LogP contribution in [-0.2, 0) is 0 Å². The lowest BCUT2D eigenvalue weighted by Gasteiger charge is -2.39. The minimum atomic E-state index is -0.292. The van der Waals surface area contributed by atoms with E-state index in [4.69, 9.17) is 4.74 Å². The van der Waals surface area contributed by atoms with Crippen LogP contribution in [0.5, 0.6) is 5.75 Å². The summed E-state index contributed by atoms with van der Waals surface area (Å²) >= 11 is 0. The highest BCUT2D eigenvalue weighted by Gasteiger charge is 2.34. The Labute approximate surface area is 206 Å². The van der Waals surface area contributed by atoms with Gasteiger partial charge in [-0.05, 0) is 67.4 Å². The lowest BCUT2D eigenvalue weighted by Crippen LogP contribution is -2.49. The van der Waals surface area contributed by atoms with Crippen LogP contribution in [0.15, 0.2) is 29.1 Å². The standard InChI is InChI=1S/C26H37N7O2/c1-3-12-31-13-15-32(16-14-31)24(25-28-29-30-33(25)20-8-6-5-7-9-20)22-18-19-17-21(35-4-2)10-11-23(19)27-26(22)34/h10-11,17-18,20,24H,3-9,12-16H2,1-2H3,(H,27,34)/t24-/m0/s1. The smallest absolute Gasteiger partial charge is 0.253 e. The number of tetrazole rings is 1. The zero-order chi connectivity index (χ0) is 24.2. The van der Waals surface area contributed by atoms with Crippen LogP contribution in [0.1, 0.15) is 75.8 Å². The average Bonchev–Trinajstić information content (AvgIpc) is 3.36. The molecule has 188 valence electrons. The molecule has 1 atom stereocenters. The van der Waals surface area contributed by atoms with Crippen molar-refractivity contribution in [2.24, 2.45) is 0 Å².